The molecule has 0 aromatic heterocycles. The second kappa shape index (κ2) is 11.0. The number of rotatable bonds is 9. The van der Waals surface area contributed by atoms with Crippen molar-refractivity contribution >= 4 is 12.4 Å². The van der Waals surface area contributed by atoms with Crippen molar-refractivity contribution in [3.8, 4) is 11.1 Å². The van der Waals surface area contributed by atoms with Gasteiger partial charge in [-0.25, -0.2) is 4.39 Å². The van der Waals surface area contributed by atoms with Crippen LogP contribution in [0.1, 0.15) is 42.0 Å². The summed E-state index contributed by atoms with van der Waals surface area (Å²) in [7, 11) is 0. The molecule has 0 fully saturated rings. The molecule has 0 amide bonds. The lowest BCUT2D eigenvalue weighted by molar-refractivity contribution is 0.631. The van der Waals surface area contributed by atoms with Crippen molar-refractivity contribution in [3.05, 3.63) is 107 Å². The van der Waals surface area contributed by atoms with Gasteiger partial charge in [-0.15, -0.1) is 6.58 Å². The quantitative estimate of drug-likeness (QED) is 0.210. The lowest BCUT2D eigenvalue weighted by atomic mass is 10.0. The maximum Gasteiger partial charge on any atom is 0.131 e. The molecule has 0 N–H and O–H groups in total. The Labute approximate surface area is 178 Å². The summed E-state index contributed by atoms with van der Waals surface area (Å²) in [6.45, 7) is 5.92. The van der Waals surface area contributed by atoms with E-state index in [0.717, 1.165) is 36.8 Å². The smallest absolute Gasteiger partial charge is 0.131 e. The van der Waals surface area contributed by atoms with E-state index in [1.807, 2.05) is 42.5 Å². The highest BCUT2D eigenvalue weighted by molar-refractivity contribution is 5.84. The number of hydrogen-bond acceptors (Lipinski definition) is 2. The van der Waals surface area contributed by atoms with Crippen LogP contribution in [0, 0.1) is 5.82 Å². The van der Waals surface area contributed by atoms with Crippen LogP contribution in [0.3, 0.4) is 0 Å². The van der Waals surface area contributed by atoms with Crippen molar-refractivity contribution in [2.45, 2.75) is 32.6 Å². The van der Waals surface area contributed by atoms with E-state index in [9.17, 15) is 4.39 Å². The molecule has 0 aliphatic heterocycles. The molecule has 0 unspecified atom stereocenters. The van der Waals surface area contributed by atoms with E-state index in [4.69, 9.17) is 0 Å². The predicted octanol–water partition coefficient (Wildman–Crippen LogP) is 7.02. The van der Waals surface area contributed by atoms with Gasteiger partial charge in [-0.2, -0.15) is 10.2 Å². The maximum atomic E-state index is 14.6. The van der Waals surface area contributed by atoms with Crippen molar-refractivity contribution in [1.29, 1.82) is 0 Å². The number of halogens is 1. The SMILES string of the molecule is C=CCCc1ccccc1C=NN=Cc1ccc(-c2ccc(CCC)cc2)c(F)c1. The molecule has 0 bridgehead atoms. The fourth-order valence-electron chi connectivity index (χ4n) is 3.33. The van der Waals surface area contributed by atoms with Gasteiger partial charge < -0.3 is 0 Å². The van der Waals surface area contributed by atoms with Gasteiger partial charge in [-0.05, 0) is 53.1 Å². The van der Waals surface area contributed by atoms with E-state index < -0.39 is 0 Å². The lowest BCUT2D eigenvalue weighted by Gasteiger charge is -2.06. The third kappa shape index (κ3) is 5.84. The van der Waals surface area contributed by atoms with Crippen LogP contribution in [0.4, 0.5) is 4.39 Å². The minimum Gasteiger partial charge on any atom is -0.206 e. The fourth-order valence-corrected chi connectivity index (χ4v) is 3.33. The maximum absolute atomic E-state index is 14.6. The van der Waals surface area contributed by atoms with Crippen LogP contribution in [0.2, 0.25) is 0 Å². The minimum absolute atomic E-state index is 0.263. The second-order valence-corrected chi connectivity index (χ2v) is 7.20. The number of benzene rings is 3. The van der Waals surface area contributed by atoms with Gasteiger partial charge in [0.1, 0.15) is 5.82 Å². The van der Waals surface area contributed by atoms with Crippen LogP contribution in [-0.2, 0) is 12.8 Å². The highest BCUT2D eigenvalue weighted by atomic mass is 19.1. The fraction of sp³-hybridized carbons (Fsp3) is 0.185. The first kappa shape index (κ1) is 21.4. The Morgan fingerprint density at radius 1 is 0.900 bits per heavy atom. The average molecular weight is 399 g/mol. The molecule has 0 aliphatic rings. The van der Waals surface area contributed by atoms with Gasteiger partial charge in [0.15, 0.2) is 0 Å². The zero-order chi connectivity index (χ0) is 21.2. The third-order valence-corrected chi connectivity index (χ3v) is 4.94. The van der Waals surface area contributed by atoms with Crippen molar-refractivity contribution in [2.75, 3.05) is 0 Å². The topological polar surface area (TPSA) is 24.7 Å². The van der Waals surface area contributed by atoms with Crippen LogP contribution in [0.15, 0.2) is 89.6 Å². The summed E-state index contributed by atoms with van der Waals surface area (Å²) < 4.78 is 14.6. The average Bonchev–Trinajstić information content (AvgIpc) is 2.77. The standard InChI is InChI=1S/C27H27FN2/c1-3-5-9-23-10-6-7-11-25(23)20-30-29-19-22-14-17-26(27(28)18-22)24-15-12-21(8-4-2)13-16-24/h3,6-7,10-20H,1,4-5,8-9H2,2H3. The molecule has 3 rings (SSSR count). The largest absolute Gasteiger partial charge is 0.206 e. The lowest BCUT2D eigenvalue weighted by Crippen LogP contribution is -1.92. The Balaban J connectivity index is 1.69. The Morgan fingerprint density at radius 2 is 1.67 bits per heavy atom. The first-order valence-electron chi connectivity index (χ1n) is 10.4. The van der Waals surface area contributed by atoms with E-state index in [0.29, 0.717) is 11.1 Å². The van der Waals surface area contributed by atoms with Gasteiger partial charge in [0.05, 0.1) is 12.4 Å². The molecule has 30 heavy (non-hydrogen) atoms. The molecule has 0 saturated carbocycles. The monoisotopic (exact) mass is 398 g/mol. The second-order valence-electron chi connectivity index (χ2n) is 7.20. The molecule has 0 aliphatic carbocycles. The van der Waals surface area contributed by atoms with Crippen molar-refractivity contribution in [2.24, 2.45) is 10.2 Å². The van der Waals surface area contributed by atoms with Gasteiger partial charge in [0, 0.05) is 5.56 Å². The number of nitrogens with zero attached hydrogens (tertiary/aromatic N) is 2. The molecule has 3 aromatic rings. The highest BCUT2D eigenvalue weighted by Crippen LogP contribution is 2.24. The van der Waals surface area contributed by atoms with Gasteiger partial charge in [-0.3, -0.25) is 0 Å². The Bertz CT molecular complexity index is 1030. The summed E-state index contributed by atoms with van der Waals surface area (Å²) in [5.74, 6) is -0.263. The van der Waals surface area contributed by atoms with E-state index in [1.54, 1.807) is 18.5 Å². The van der Waals surface area contributed by atoms with E-state index in [2.05, 4.69) is 41.9 Å². The van der Waals surface area contributed by atoms with Crippen LogP contribution < -0.4 is 0 Å². The van der Waals surface area contributed by atoms with E-state index in [1.165, 1.54) is 17.2 Å². The molecule has 0 spiro atoms. The van der Waals surface area contributed by atoms with E-state index in [-0.39, 0.29) is 5.82 Å². The van der Waals surface area contributed by atoms with Crippen LogP contribution >= 0.6 is 0 Å². The number of hydrogen-bond donors (Lipinski definition) is 0. The normalized spacial score (nSPS) is 11.4. The van der Waals surface area contributed by atoms with Gasteiger partial charge in [-0.1, -0.05) is 80.1 Å². The first-order chi connectivity index (χ1) is 14.7. The summed E-state index contributed by atoms with van der Waals surface area (Å²) >= 11 is 0. The molecule has 0 atom stereocenters. The van der Waals surface area contributed by atoms with Gasteiger partial charge in [0.2, 0.25) is 0 Å². The van der Waals surface area contributed by atoms with E-state index >= 15 is 0 Å². The zero-order valence-electron chi connectivity index (χ0n) is 17.4. The minimum atomic E-state index is -0.263. The van der Waals surface area contributed by atoms with Crippen molar-refractivity contribution in [1.82, 2.24) is 0 Å². The predicted molar refractivity (Wildman–Crippen MR) is 126 cm³/mol. The van der Waals surface area contributed by atoms with Gasteiger partial charge >= 0.3 is 0 Å². The molecule has 0 radical (unpaired) electrons. The number of aryl methyl sites for hydroxylation is 2. The van der Waals surface area contributed by atoms with Crippen LogP contribution in [0.25, 0.3) is 11.1 Å². The third-order valence-electron chi connectivity index (χ3n) is 4.94. The summed E-state index contributed by atoms with van der Waals surface area (Å²) in [4.78, 5) is 0. The molecule has 3 heteroatoms. The van der Waals surface area contributed by atoms with Crippen molar-refractivity contribution < 1.29 is 4.39 Å². The summed E-state index contributed by atoms with van der Waals surface area (Å²) in [5, 5.41) is 8.23. The molecule has 3 aromatic carbocycles. The Kier molecular flexibility index (Phi) is 7.85. The molecule has 152 valence electrons. The molecule has 2 nitrogen and oxygen atoms in total. The molecular formula is C27H27FN2. The van der Waals surface area contributed by atoms with Crippen LogP contribution in [0.5, 0.6) is 0 Å². The molecule has 0 heterocycles. The molecular weight excluding hydrogens is 371 g/mol. The number of allylic oxidation sites excluding steroid dienone is 1. The Hall–Kier alpha value is -3.33. The zero-order valence-corrected chi connectivity index (χ0v) is 17.4. The summed E-state index contributed by atoms with van der Waals surface area (Å²) in [5.41, 5.74) is 5.66. The highest BCUT2D eigenvalue weighted by Gasteiger charge is 2.06. The first-order valence-corrected chi connectivity index (χ1v) is 10.4. The summed E-state index contributed by atoms with van der Waals surface area (Å²) in [6, 6.07) is 21.3. The van der Waals surface area contributed by atoms with Gasteiger partial charge in [0.25, 0.3) is 0 Å². The van der Waals surface area contributed by atoms with Crippen LogP contribution in [-0.4, -0.2) is 12.4 Å². The van der Waals surface area contributed by atoms with Crippen molar-refractivity contribution in [3.63, 3.8) is 0 Å². The molecule has 0 saturated heterocycles. The Morgan fingerprint density at radius 3 is 2.40 bits per heavy atom. The summed E-state index contributed by atoms with van der Waals surface area (Å²) in [6.07, 6.45) is 9.19.